The lowest BCUT2D eigenvalue weighted by molar-refractivity contribution is 0.363. The van der Waals surface area contributed by atoms with Crippen LogP contribution in [0.3, 0.4) is 0 Å². The molecule has 2 aromatic rings. The number of hydrogen-bond donors (Lipinski definition) is 1. The first-order chi connectivity index (χ1) is 9.81. The molecule has 0 spiro atoms. The van der Waals surface area contributed by atoms with Gasteiger partial charge in [-0.05, 0) is 49.5 Å². The van der Waals surface area contributed by atoms with Crippen LogP contribution >= 0.6 is 11.3 Å². The van der Waals surface area contributed by atoms with E-state index in [4.69, 9.17) is 5.26 Å². The van der Waals surface area contributed by atoms with Crippen molar-refractivity contribution in [1.82, 2.24) is 9.88 Å². The molecule has 4 nitrogen and oxygen atoms in total. The predicted molar refractivity (Wildman–Crippen MR) is 79.9 cm³/mol. The topological polar surface area (TPSA) is 57.8 Å². The van der Waals surface area contributed by atoms with E-state index in [0.717, 1.165) is 36.5 Å². The molecule has 20 heavy (non-hydrogen) atoms. The Labute approximate surface area is 121 Å². The highest BCUT2D eigenvalue weighted by Gasteiger charge is 2.21. The summed E-state index contributed by atoms with van der Waals surface area (Å²) < 4.78 is 1.82. The summed E-state index contributed by atoms with van der Waals surface area (Å²) in [5.74, 6) is 0. The van der Waals surface area contributed by atoms with Crippen LogP contribution in [0.25, 0.3) is 10.6 Å². The highest BCUT2D eigenvalue weighted by atomic mass is 32.1. The number of thiophene rings is 1. The summed E-state index contributed by atoms with van der Waals surface area (Å²) in [4.78, 5) is 13.6. The van der Waals surface area contributed by atoms with Crippen LogP contribution in [0.15, 0.2) is 34.4 Å². The van der Waals surface area contributed by atoms with Crippen molar-refractivity contribution in [3.05, 3.63) is 45.6 Å². The molecule has 0 aliphatic carbocycles. The Morgan fingerprint density at radius 3 is 2.75 bits per heavy atom. The summed E-state index contributed by atoms with van der Waals surface area (Å²) in [6, 6.07) is 9.71. The van der Waals surface area contributed by atoms with Gasteiger partial charge in [-0.1, -0.05) is 6.07 Å². The third-order valence-corrected chi connectivity index (χ3v) is 4.58. The molecule has 0 amide bonds. The Morgan fingerprint density at radius 2 is 2.10 bits per heavy atom. The fourth-order valence-electron chi connectivity index (χ4n) is 2.69. The summed E-state index contributed by atoms with van der Waals surface area (Å²) in [6.07, 6.45) is 1.85. The van der Waals surface area contributed by atoms with Gasteiger partial charge in [0.15, 0.2) is 0 Å². The average molecular weight is 285 g/mol. The van der Waals surface area contributed by atoms with E-state index in [1.54, 1.807) is 17.4 Å². The largest absolute Gasteiger partial charge is 0.317 e. The van der Waals surface area contributed by atoms with Gasteiger partial charge in [0.2, 0.25) is 0 Å². The monoisotopic (exact) mass is 285 g/mol. The van der Waals surface area contributed by atoms with E-state index in [0.29, 0.717) is 0 Å². The van der Waals surface area contributed by atoms with Crippen LogP contribution in [-0.2, 0) is 0 Å². The standard InChI is InChI=1S/C15H15N3OS/c16-10-11-3-4-13(14-2-1-9-20-14)18(15(11)19)12-5-7-17-8-6-12/h1-4,9,12,17H,5-8H2. The van der Waals surface area contributed by atoms with E-state index < -0.39 is 0 Å². The molecule has 0 saturated carbocycles. The Hall–Kier alpha value is -1.90. The van der Waals surface area contributed by atoms with Gasteiger partial charge in [-0.3, -0.25) is 4.79 Å². The number of rotatable bonds is 2. The lowest BCUT2D eigenvalue weighted by Crippen LogP contribution is -2.35. The summed E-state index contributed by atoms with van der Waals surface area (Å²) in [7, 11) is 0. The van der Waals surface area contributed by atoms with Crippen molar-refractivity contribution in [1.29, 1.82) is 5.26 Å². The van der Waals surface area contributed by atoms with Crippen LogP contribution in [0.1, 0.15) is 24.4 Å². The van der Waals surface area contributed by atoms with E-state index in [-0.39, 0.29) is 17.2 Å². The molecule has 0 atom stereocenters. The smallest absolute Gasteiger partial charge is 0.269 e. The molecule has 1 fully saturated rings. The minimum atomic E-state index is -0.162. The van der Waals surface area contributed by atoms with Crippen molar-refractivity contribution in [2.24, 2.45) is 0 Å². The Kier molecular flexibility index (Phi) is 3.68. The van der Waals surface area contributed by atoms with E-state index >= 15 is 0 Å². The molecule has 3 rings (SSSR count). The molecule has 0 unspecified atom stereocenters. The molecule has 1 saturated heterocycles. The summed E-state index contributed by atoms with van der Waals surface area (Å²) in [6.45, 7) is 1.83. The van der Waals surface area contributed by atoms with E-state index in [9.17, 15) is 4.79 Å². The molecule has 1 N–H and O–H groups in total. The zero-order chi connectivity index (χ0) is 13.9. The second-order valence-electron chi connectivity index (χ2n) is 4.88. The van der Waals surface area contributed by atoms with Crippen molar-refractivity contribution in [2.75, 3.05) is 13.1 Å². The lowest BCUT2D eigenvalue weighted by Gasteiger charge is -2.27. The highest BCUT2D eigenvalue weighted by molar-refractivity contribution is 7.13. The number of piperidine rings is 1. The number of aromatic nitrogens is 1. The van der Waals surface area contributed by atoms with Crippen LogP contribution in [0, 0.1) is 11.3 Å². The number of nitrogens with zero attached hydrogens (tertiary/aromatic N) is 2. The zero-order valence-corrected chi connectivity index (χ0v) is 11.8. The van der Waals surface area contributed by atoms with E-state index in [2.05, 4.69) is 5.32 Å². The van der Waals surface area contributed by atoms with Gasteiger partial charge in [-0.25, -0.2) is 0 Å². The maximum Gasteiger partial charge on any atom is 0.269 e. The average Bonchev–Trinajstić information content (AvgIpc) is 3.02. The number of nitrogens with one attached hydrogen (secondary N) is 1. The maximum absolute atomic E-state index is 12.5. The van der Waals surface area contributed by atoms with Gasteiger partial charge in [-0.2, -0.15) is 5.26 Å². The lowest BCUT2D eigenvalue weighted by atomic mass is 10.0. The molecule has 0 radical (unpaired) electrons. The SMILES string of the molecule is N#Cc1ccc(-c2cccs2)n(C2CCNCC2)c1=O. The highest BCUT2D eigenvalue weighted by Crippen LogP contribution is 2.28. The molecule has 102 valence electrons. The molecular formula is C15H15N3OS. The minimum Gasteiger partial charge on any atom is -0.317 e. The number of nitriles is 1. The molecular weight excluding hydrogens is 270 g/mol. The quantitative estimate of drug-likeness (QED) is 0.921. The number of hydrogen-bond acceptors (Lipinski definition) is 4. The van der Waals surface area contributed by atoms with Crippen LogP contribution in [0.5, 0.6) is 0 Å². The second-order valence-corrected chi connectivity index (χ2v) is 5.83. The van der Waals surface area contributed by atoms with E-state index in [1.165, 1.54) is 0 Å². The minimum absolute atomic E-state index is 0.162. The Bertz CT molecular complexity index is 691. The van der Waals surface area contributed by atoms with Crippen LogP contribution in [0.2, 0.25) is 0 Å². The van der Waals surface area contributed by atoms with Crippen LogP contribution in [-0.4, -0.2) is 17.7 Å². The van der Waals surface area contributed by atoms with Gasteiger partial charge in [-0.15, -0.1) is 11.3 Å². The van der Waals surface area contributed by atoms with Gasteiger partial charge in [0.1, 0.15) is 11.6 Å². The van der Waals surface area contributed by atoms with Crippen molar-refractivity contribution in [3.8, 4) is 16.6 Å². The molecule has 0 aromatic carbocycles. The van der Waals surface area contributed by atoms with Crippen molar-refractivity contribution >= 4 is 11.3 Å². The Balaban J connectivity index is 2.17. The molecule has 0 bridgehead atoms. The normalized spacial score (nSPS) is 15.9. The van der Waals surface area contributed by atoms with Crippen LogP contribution < -0.4 is 10.9 Å². The maximum atomic E-state index is 12.5. The molecule has 1 aliphatic heterocycles. The van der Waals surface area contributed by atoms with Gasteiger partial charge >= 0.3 is 0 Å². The Morgan fingerprint density at radius 1 is 1.30 bits per heavy atom. The van der Waals surface area contributed by atoms with Gasteiger partial charge in [0.25, 0.3) is 5.56 Å². The van der Waals surface area contributed by atoms with Crippen molar-refractivity contribution in [3.63, 3.8) is 0 Å². The molecule has 5 heteroatoms. The van der Waals surface area contributed by atoms with Crippen molar-refractivity contribution < 1.29 is 0 Å². The van der Waals surface area contributed by atoms with Gasteiger partial charge in [0, 0.05) is 6.04 Å². The van der Waals surface area contributed by atoms with Crippen LogP contribution in [0.4, 0.5) is 0 Å². The van der Waals surface area contributed by atoms with Gasteiger partial charge in [0.05, 0.1) is 10.6 Å². The van der Waals surface area contributed by atoms with Crippen molar-refractivity contribution in [2.45, 2.75) is 18.9 Å². The summed E-state index contributed by atoms with van der Waals surface area (Å²) >= 11 is 1.62. The van der Waals surface area contributed by atoms with Gasteiger partial charge < -0.3 is 9.88 Å². The number of pyridine rings is 1. The fraction of sp³-hybridized carbons (Fsp3) is 0.333. The third-order valence-electron chi connectivity index (χ3n) is 3.68. The first kappa shape index (κ1) is 13.1. The summed E-state index contributed by atoms with van der Waals surface area (Å²) in [5, 5.41) is 14.4. The first-order valence-corrected chi connectivity index (χ1v) is 7.59. The zero-order valence-electron chi connectivity index (χ0n) is 11.0. The molecule has 2 aromatic heterocycles. The third kappa shape index (κ3) is 2.28. The predicted octanol–water partition coefficient (Wildman–Crippen LogP) is 2.37. The second kappa shape index (κ2) is 5.61. The summed E-state index contributed by atoms with van der Waals surface area (Å²) in [5.41, 5.74) is 0.991. The first-order valence-electron chi connectivity index (χ1n) is 6.71. The fourth-order valence-corrected chi connectivity index (χ4v) is 3.44. The molecule has 1 aliphatic rings. The molecule has 3 heterocycles. The van der Waals surface area contributed by atoms with E-state index in [1.807, 2.05) is 34.2 Å².